The number of rotatable bonds is 8. The van der Waals surface area contributed by atoms with Gasteiger partial charge in [0.2, 0.25) is 5.91 Å². The van der Waals surface area contributed by atoms with E-state index in [1.54, 1.807) is 0 Å². The Hall–Kier alpha value is -0.570. The largest absolute Gasteiger partial charge is 0.388 e. The highest BCUT2D eigenvalue weighted by Gasteiger charge is 2.34. The third-order valence-corrected chi connectivity index (χ3v) is 3.41. The van der Waals surface area contributed by atoms with Crippen molar-refractivity contribution in [2.24, 2.45) is 0 Å². The molecule has 0 spiro atoms. The van der Waals surface area contributed by atoms with E-state index in [1.807, 2.05) is 0 Å². The van der Waals surface area contributed by atoms with E-state index in [0.717, 1.165) is 32.1 Å². The Morgan fingerprint density at radius 2 is 1.94 bits per heavy atom. The smallest absolute Gasteiger partial charge is 0.220 e. The van der Waals surface area contributed by atoms with Crippen LogP contribution in [0, 0.1) is 0 Å². The van der Waals surface area contributed by atoms with Crippen LogP contribution in [0.25, 0.3) is 0 Å². The molecule has 1 fully saturated rings. The summed E-state index contributed by atoms with van der Waals surface area (Å²) in [5.74, 6) is 0.0943. The SMILES string of the molecule is CCCCCCCC(=O)NCC1(O)CCC1. The van der Waals surface area contributed by atoms with E-state index < -0.39 is 5.60 Å². The van der Waals surface area contributed by atoms with Gasteiger partial charge >= 0.3 is 0 Å². The highest BCUT2D eigenvalue weighted by atomic mass is 16.3. The van der Waals surface area contributed by atoms with Crippen LogP contribution in [0.2, 0.25) is 0 Å². The Bertz CT molecular complexity index is 212. The zero-order valence-corrected chi connectivity index (χ0v) is 10.4. The van der Waals surface area contributed by atoms with Crippen molar-refractivity contribution in [2.75, 3.05) is 6.54 Å². The van der Waals surface area contributed by atoms with Crippen molar-refractivity contribution in [1.29, 1.82) is 0 Å². The lowest BCUT2D eigenvalue weighted by atomic mass is 9.80. The fourth-order valence-corrected chi connectivity index (χ4v) is 2.00. The van der Waals surface area contributed by atoms with Gasteiger partial charge < -0.3 is 10.4 Å². The van der Waals surface area contributed by atoms with Crippen LogP contribution in [0.15, 0.2) is 0 Å². The number of amides is 1. The summed E-state index contributed by atoms with van der Waals surface area (Å²) in [4.78, 5) is 11.4. The van der Waals surface area contributed by atoms with Gasteiger partial charge in [0.15, 0.2) is 0 Å². The summed E-state index contributed by atoms with van der Waals surface area (Å²) in [6.45, 7) is 2.63. The topological polar surface area (TPSA) is 49.3 Å². The average Bonchev–Trinajstić information content (AvgIpc) is 2.23. The van der Waals surface area contributed by atoms with Crippen LogP contribution in [0.5, 0.6) is 0 Å². The van der Waals surface area contributed by atoms with Crippen molar-refractivity contribution in [3.8, 4) is 0 Å². The zero-order chi connectivity index (χ0) is 11.9. The average molecular weight is 227 g/mol. The molecule has 1 amide bonds. The van der Waals surface area contributed by atoms with Crippen molar-refractivity contribution in [3.63, 3.8) is 0 Å². The molecule has 3 nitrogen and oxygen atoms in total. The lowest BCUT2D eigenvalue weighted by Gasteiger charge is -2.36. The fraction of sp³-hybridized carbons (Fsp3) is 0.923. The number of carbonyl (C=O) groups excluding carboxylic acids is 1. The monoisotopic (exact) mass is 227 g/mol. The first-order valence-electron chi connectivity index (χ1n) is 6.65. The minimum atomic E-state index is -0.585. The van der Waals surface area contributed by atoms with Gasteiger partial charge in [-0.3, -0.25) is 4.79 Å². The molecule has 0 aliphatic heterocycles. The number of aliphatic hydroxyl groups is 1. The predicted molar refractivity (Wildman–Crippen MR) is 65.2 cm³/mol. The summed E-state index contributed by atoms with van der Waals surface area (Å²) in [5, 5.41) is 12.6. The number of carbonyl (C=O) groups is 1. The number of nitrogens with one attached hydrogen (secondary N) is 1. The predicted octanol–water partition coefficient (Wildman–Crippen LogP) is 2.38. The van der Waals surface area contributed by atoms with Gasteiger partial charge in [0.25, 0.3) is 0 Å². The molecule has 16 heavy (non-hydrogen) atoms. The number of unbranched alkanes of at least 4 members (excludes halogenated alkanes) is 4. The highest BCUT2D eigenvalue weighted by Crippen LogP contribution is 2.30. The summed E-state index contributed by atoms with van der Waals surface area (Å²) in [6.07, 6.45) is 9.22. The van der Waals surface area contributed by atoms with Crippen molar-refractivity contribution in [2.45, 2.75) is 70.3 Å². The molecule has 0 atom stereocenters. The van der Waals surface area contributed by atoms with E-state index in [1.165, 1.54) is 19.3 Å². The molecule has 2 N–H and O–H groups in total. The molecule has 0 aromatic heterocycles. The van der Waals surface area contributed by atoms with Gasteiger partial charge in [-0.25, -0.2) is 0 Å². The quantitative estimate of drug-likeness (QED) is 0.625. The van der Waals surface area contributed by atoms with Crippen molar-refractivity contribution < 1.29 is 9.90 Å². The van der Waals surface area contributed by atoms with E-state index in [4.69, 9.17) is 0 Å². The van der Waals surface area contributed by atoms with Crippen LogP contribution in [-0.4, -0.2) is 23.2 Å². The second-order valence-electron chi connectivity index (χ2n) is 5.02. The molecular formula is C13H25NO2. The molecule has 1 aliphatic carbocycles. The van der Waals surface area contributed by atoms with Gasteiger partial charge in [0, 0.05) is 13.0 Å². The standard InChI is InChI=1S/C13H25NO2/c1-2-3-4-5-6-8-12(15)14-11-13(16)9-7-10-13/h16H,2-11H2,1H3,(H,14,15). The minimum absolute atomic E-state index is 0.0943. The van der Waals surface area contributed by atoms with Crippen LogP contribution >= 0.6 is 0 Å². The van der Waals surface area contributed by atoms with Crippen molar-refractivity contribution in [3.05, 3.63) is 0 Å². The van der Waals surface area contributed by atoms with Gasteiger partial charge in [-0.1, -0.05) is 32.6 Å². The number of hydrogen-bond acceptors (Lipinski definition) is 2. The first-order chi connectivity index (χ1) is 7.66. The Morgan fingerprint density at radius 3 is 2.50 bits per heavy atom. The molecule has 0 bridgehead atoms. The Morgan fingerprint density at radius 1 is 1.25 bits per heavy atom. The van der Waals surface area contributed by atoms with Gasteiger partial charge in [-0.05, 0) is 25.7 Å². The minimum Gasteiger partial charge on any atom is -0.388 e. The fourth-order valence-electron chi connectivity index (χ4n) is 2.00. The maximum absolute atomic E-state index is 11.4. The summed E-state index contributed by atoms with van der Waals surface area (Å²) in [7, 11) is 0. The van der Waals surface area contributed by atoms with E-state index >= 15 is 0 Å². The second-order valence-corrected chi connectivity index (χ2v) is 5.02. The number of hydrogen-bond donors (Lipinski definition) is 2. The van der Waals surface area contributed by atoms with Crippen molar-refractivity contribution >= 4 is 5.91 Å². The maximum Gasteiger partial charge on any atom is 0.220 e. The van der Waals surface area contributed by atoms with E-state index in [-0.39, 0.29) is 5.91 Å². The molecule has 0 unspecified atom stereocenters. The van der Waals surface area contributed by atoms with Crippen LogP contribution in [0.4, 0.5) is 0 Å². The third-order valence-electron chi connectivity index (χ3n) is 3.41. The summed E-state index contributed by atoms with van der Waals surface area (Å²) in [5.41, 5.74) is -0.585. The Kier molecular flexibility index (Phi) is 5.81. The third kappa shape index (κ3) is 4.97. The molecule has 0 aromatic carbocycles. The van der Waals surface area contributed by atoms with E-state index in [2.05, 4.69) is 12.2 Å². The zero-order valence-electron chi connectivity index (χ0n) is 10.4. The second kappa shape index (κ2) is 6.89. The molecular weight excluding hydrogens is 202 g/mol. The van der Waals surface area contributed by atoms with Gasteiger partial charge in [-0.15, -0.1) is 0 Å². The first kappa shape index (κ1) is 13.5. The Balaban J connectivity index is 1.94. The molecule has 3 heteroatoms. The van der Waals surface area contributed by atoms with Crippen molar-refractivity contribution in [1.82, 2.24) is 5.32 Å². The molecule has 0 aromatic rings. The van der Waals surface area contributed by atoms with Crippen LogP contribution < -0.4 is 5.32 Å². The first-order valence-corrected chi connectivity index (χ1v) is 6.65. The molecule has 0 radical (unpaired) electrons. The summed E-state index contributed by atoms with van der Waals surface area (Å²) >= 11 is 0. The van der Waals surface area contributed by atoms with Gasteiger partial charge in [0.05, 0.1) is 5.60 Å². The van der Waals surface area contributed by atoms with Gasteiger partial charge in [-0.2, -0.15) is 0 Å². The van der Waals surface area contributed by atoms with Crippen LogP contribution in [-0.2, 0) is 4.79 Å². The maximum atomic E-state index is 11.4. The van der Waals surface area contributed by atoms with Gasteiger partial charge in [0.1, 0.15) is 0 Å². The highest BCUT2D eigenvalue weighted by molar-refractivity contribution is 5.75. The summed E-state index contributed by atoms with van der Waals surface area (Å²) < 4.78 is 0. The molecule has 1 aliphatic rings. The molecule has 94 valence electrons. The normalized spacial score (nSPS) is 17.9. The van der Waals surface area contributed by atoms with E-state index in [0.29, 0.717) is 13.0 Å². The van der Waals surface area contributed by atoms with Crippen LogP contribution in [0.3, 0.4) is 0 Å². The molecule has 1 rings (SSSR count). The lowest BCUT2D eigenvalue weighted by molar-refractivity contribution is -0.123. The van der Waals surface area contributed by atoms with Crippen LogP contribution in [0.1, 0.15) is 64.7 Å². The van der Waals surface area contributed by atoms with E-state index in [9.17, 15) is 9.90 Å². The lowest BCUT2D eigenvalue weighted by Crippen LogP contribution is -2.47. The molecule has 1 saturated carbocycles. The molecule has 0 heterocycles. The Labute approximate surface area is 98.6 Å². The molecule has 0 saturated heterocycles. The summed E-state index contributed by atoms with van der Waals surface area (Å²) in [6, 6.07) is 0.